The van der Waals surface area contributed by atoms with Gasteiger partial charge in [0.25, 0.3) is 0 Å². The summed E-state index contributed by atoms with van der Waals surface area (Å²) < 4.78 is 2.28. The van der Waals surface area contributed by atoms with Crippen LogP contribution < -0.4 is 0 Å². The second-order valence-corrected chi connectivity index (χ2v) is 3.24. The molecule has 0 aliphatic carbocycles. The van der Waals surface area contributed by atoms with Crippen molar-refractivity contribution in [2.75, 3.05) is 0 Å². The summed E-state index contributed by atoms with van der Waals surface area (Å²) in [6.07, 6.45) is 6.47. The average Bonchev–Trinajstić information content (AvgIpc) is 2.30. The number of aromatic nitrogens is 1. The molecule has 0 atom stereocenters. The minimum Gasteiger partial charge on any atom is -0.347 e. The van der Waals surface area contributed by atoms with E-state index in [0.29, 0.717) is 0 Å². The van der Waals surface area contributed by atoms with Gasteiger partial charge in [0.1, 0.15) is 0 Å². The van der Waals surface area contributed by atoms with Gasteiger partial charge in [0.05, 0.1) is 0 Å². The fourth-order valence-corrected chi connectivity index (χ4v) is 1.34. The van der Waals surface area contributed by atoms with Gasteiger partial charge in [0.15, 0.2) is 0 Å². The molecule has 66 valence electrons. The van der Waals surface area contributed by atoms with Crippen molar-refractivity contribution in [3.63, 3.8) is 0 Å². The fourth-order valence-electron chi connectivity index (χ4n) is 1.34. The van der Waals surface area contributed by atoms with E-state index in [1.165, 1.54) is 16.8 Å². The molecule has 0 radical (unpaired) electrons. The summed E-state index contributed by atoms with van der Waals surface area (Å²) in [6, 6.07) is 0. The Labute approximate surface area is 74.7 Å². The van der Waals surface area contributed by atoms with Crippen molar-refractivity contribution in [3.8, 4) is 0 Å². The van der Waals surface area contributed by atoms with E-state index in [1.54, 1.807) is 0 Å². The van der Waals surface area contributed by atoms with E-state index in [-0.39, 0.29) is 0 Å². The molecule has 0 aliphatic heterocycles. The largest absolute Gasteiger partial charge is 0.347 e. The molecular weight excluding hydrogens is 146 g/mol. The zero-order valence-electron chi connectivity index (χ0n) is 8.39. The molecule has 1 aromatic rings. The topological polar surface area (TPSA) is 4.93 Å². The second-order valence-electron chi connectivity index (χ2n) is 3.24. The van der Waals surface area contributed by atoms with Crippen LogP contribution in [0.4, 0.5) is 0 Å². The van der Waals surface area contributed by atoms with E-state index in [0.717, 1.165) is 6.54 Å². The smallest absolute Gasteiger partial charge is 0.0403 e. The first-order valence-corrected chi connectivity index (χ1v) is 4.41. The van der Waals surface area contributed by atoms with Gasteiger partial charge in [-0.15, -0.1) is 0 Å². The average molecular weight is 163 g/mol. The lowest BCUT2D eigenvalue weighted by atomic mass is 10.2. The van der Waals surface area contributed by atoms with Crippen LogP contribution in [-0.4, -0.2) is 4.57 Å². The predicted molar refractivity (Wildman–Crippen MR) is 53.5 cm³/mol. The molecule has 0 bridgehead atoms. The third-order valence-electron chi connectivity index (χ3n) is 2.45. The molecule has 1 nitrogen and oxygen atoms in total. The van der Waals surface area contributed by atoms with Gasteiger partial charge in [-0.25, -0.2) is 0 Å². The molecule has 1 heterocycles. The predicted octanol–water partition coefficient (Wildman–Crippen LogP) is 2.99. The van der Waals surface area contributed by atoms with Gasteiger partial charge in [-0.05, 0) is 38.8 Å². The Bertz CT molecular complexity index is 292. The Morgan fingerprint density at radius 3 is 2.42 bits per heavy atom. The lowest BCUT2D eigenvalue weighted by Crippen LogP contribution is -1.95. The fraction of sp³-hybridized carbons (Fsp3) is 0.455. The van der Waals surface area contributed by atoms with E-state index in [4.69, 9.17) is 0 Å². The van der Waals surface area contributed by atoms with Crippen molar-refractivity contribution in [1.82, 2.24) is 4.57 Å². The molecule has 0 saturated heterocycles. The summed E-state index contributed by atoms with van der Waals surface area (Å²) in [5.41, 5.74) is 4.18. The minimum atomic E-state index is 0.997. The van der Waals surface area contributed by atoms with Crippen molar-refractivity contribution in [2.24, 2.45) is 0 Å². The number of nitrogens with zero attached hydrogens (tertiary/aromatic N) is 1. The normalized spacial score (nSPS) is 11.3. The first kappa shape index (κ1) is 9.11. The van der Waals surface area contributed by atoms with Crippen LogP contribution in [0.25, 0.3) is 0 Å². The van der Waals surface area contributed by atoms with E-state index in [2.05, 4.69) is 50.6 Å². The van der Waals surface area contributed by atoms with Gasteiger partial charge in [-0.1, -0.05) is 12.2 Å². The van der Waals surface area contributed by atoms with Crippen LogP contribution in [-0.2, 0) is 6.54 Å². The first-order chi connectivity index (χ1) is 5.66. The standard InChI is InChI=1S/C11H17N/c1-5-6-7-12-8-9(2)10(3)11(12)4/h5-6,8H,7H2,1-4H3. The number of hydrogen-bond donors (Lipinski definition) is 0. The van der Waals surface area contributed by atoms with Crippen LogP contribution in [0.3, 0.4) is 0 Å². The molecule has 0 aromatic carbocycles. The SMILES string of the molecule is CC=CCn1cc(C)c(C)c1C. The van der Waals surface area contributed by atoms with Gasteiger partial charge < -0.3 is 4.57 Å². The van der Waals surface area contributed by atoms with Crippen molar-refractivity contribution in [2.45, 2.75) is 34.2 Å². The lowest BCUT2D eigenvalue weighted by Gasteiger charge is -2.01. The molecule has 0 spiro atoms. The van der Waals surface area contributed by atoms with E-state index >= 15 is 0 Å². The van der Waals surface area contributed by atoms with Gasteiger partial charge in [0, 0.05) is 18.4 Å². The highest BCUT2D eigenvalue weighted by Crippen LogP contribution is 2.14. The Kier molecular flexibility index (Phi) is 2.74. The first-order valence-electron chi connectivity index (χ1n) is 4.41. The van der Waals surface area contributed by atoms with E-state index in [1.807, 2.05) is 0 Å². The Morgan fingerprint density at radius 2 is 2.00 bits per heavy atom. The van der Waals surface area contributed by atoms with Crippen LogP contribution in [0.15, 0.2) is 18.3 Å². The number of hydrogen-bond acceptors (Lipinski definition) is 0. The Morgan fingerprint density at radius 1 is 1.33 bits per heavy atom. The summed E-state index contributed by atoms with van der Waals surface area (Å²) in [5, 5.41) is 0. The number of allylic oxidation sites excluding steroid dienone is 2. The molecule has 1 heteroatoms. The van der Waals surface area contributed by atoms with Crippen LogP contribution in [0.5, 0.6) is 0 Å². The molecule has 1 aromatic heterocycles. The third-order valence-corrected chi connectivity index (χ3v) is 2.45. The summed E-state index contributed by atoms with van der Waals surface area (Å²) in [7, 11) is 0. The maximum Gasteiger partial charge on any atom is 0.0403 e. The summed E-state index contributed by atoms with van der Waals surface area (Å²) in [5.74, 6) is 0. The van der Waals surface area contributed by atoms with E-state index in [9.17, 15) is 0 Å². The molecule has 1 rings (SSSR count). The third kappa shape index (κ3) is 1.60. The monoisotopic (exact) mass is 163 g/mol. The highest BCUT2D eigenvalue weighted by molar-refractivity contribution is 5.28. The molecule has 0 amide bonds. The van der Waals surface area contributed by atoms with Crippen LogP contribution >= 0.6 is 0 Å². The maximum atomic E-state index is 2.28. The molecule has 0 unspecified atom stereocenters. The minimum absolute atomic E-state index is 0.997. The summed E-state index contributed by atoms with van der Waals surface area (Å²) in [4.78, 5) is 0. The van der Waals surface area contributed by atoms with Gasteiger partial charge in [-0.3, -0.25) is 0 Å². The lowest BCUT2D eigenvalue weighted by molar-refractivity contribution is 0.792. The van der Waals surface area contributed by atoms with Crippen molar-refractivity contribution in [1.29, 1.82) is 0 Å². The maximum absolute atomic E-state index is 2.28. The Hall–Kier alpha value is -0.980. The number of rotatable bonds is 2. The molecule has 0 saturated carbocycles. The van der Waals surface area contributed by atoms with Crippen molar-refractivity contribution < 1.29 is 0 Å². The molecule has 12 heavy (non-hydrogen) atoms. The number of aryl methyl sites for hydroxylation is 1. The van der Waals surface area contributed by atoms with Crippen molar-refractivity contribution >= 4 is 0 Å². The second kappa shape index (κ2) is 3.61. The van der Waals surface area contributed by atoms with Gasteiger partial charge in [-0.2, -0.15) is 0 Å². The molecule has 0 aliphatic rings. The quantitative estimate of drug-likeness (QED) is 0.591. The molecule has 0 fully saturated rings. The van der Waals surface area contributed by atoms with Gasteiger partial charge >= 0.3 is 0 Å². The van der Waals surface area contributed by atoms with Gasteiger partial charge in [0.2, 0.25) is 0 Å². The van der Waals surface area contributed by atoms with Crippen molar-refractivity contribution in [3.05, 3.63) is 35.2 Å². The molecule has 0 N–H and O–H groups in total. The van der Waals surface area contributed by atoms with Crippen LogP contribution in [0.2, 0.25) is 0 Å². The highest BCUT2D eigenvalue weighted by atomic mass is 15.0. The molecular formula is C11H17N. The Balaban J connectivity index is 2.93. The summed E-state index contributed by atoms with van der Waals surface area (Å²) >= 11 is 0. The van der Waals surface area contributed by atoms with Crippen LogP contribution in [0, 0.1) is 20.8 Å². The zero-order chi connectivity index (χ0) is 9.14. The zero-order valence-corrected chi connectivity index (χ0v) is 8.39. The van der Waals surface area contributed by atoms with Crippen LogP contribution in [0.1, 0.15) is 23.7 Å². The van der Waals surface area contributed by atoms with E-state index < -0.39 is 0 Å². The highest BCUT2D eigenvalue weighted by Gasteiger charge is 2.02. The summed E-state index contributed by atoms with van der Waals surface area (Å²) in [6.45, 7) is 9.56.